The Morgan fingerprint density at radius 3 is 2.62 bits per heavy atom. The normalized spacial score (nSPS) is 17.4. The molecule has 1 heterocycles. The average Bonchev–Trinajstić information content (AvgIpc) is 2.27. The summed E-state index contributed by atoms with van der Waals surface area (Å²) in [5.41, 5.74) is 4.47. The van der Waals surface area contributed by atoms with E-state index >= 15 is 0 Å². The predicted molar refractivity (Wildman–Crippen MR) is 79.7 cm³/mol. The first-order chi connectivity index (χ1) is 7.59. The van der Waals surface area contributed by atoms with Crippen LogP contribution < -0.4 is 4.90 Å². The van der Waals surface area contributed by atoms with Crippen LogP contribution in [0.4, 0.5) is 5.69 Å². The zero-order valence-electron chi connectivity index (χ0n) is 10.3. The van der Waals surface area contributed by atoms with E-state index in [-0.39, 0.29) is 0 Å². The molecule has 0 fully saturated rings. The molecule has 0 aliphatic carbocycles. The zero-order chi connectivity index (χ0) is 11.7. The quantitative estimate of drug-likeness (QED) is 0.576. The van der Waals surface area contributed by atoms with Gasteiger partial charge in [-0.15, -0.1) is 0 Å². The Morgan fingerprint density at radius 2 is 2.00 bits per heavy atom. The van der Waals surface area contributed by atoms with E-state index in [0.29, 0.717) is 9.97 Å². The molecule has 1 aromatic rings. The molecule has 0 saturated heterocycles. The van der Waals surface area contributed by atoms with Crippen molar-refractivity contribution in [3.05, 3.63) is 29.3 Å². The van der Waals surface area contributed by atoms with Gasteiger partial charge in [0, 0.05) is 22.2 Å². The van der Waals surface area contributed by atoms with Crippen LogP contribution in [-0.2, 0) is 6.42 Å². The summed E-state index contributed by atoms with van der Waals surface area (Å²) in [5, 5.41) is 0. The molecule has 88 valence electrons. The van der Waals surface area contributed by atoms with Gasteiger partial charge in [0.25, 0.3) is 0 Å². The van der Waals surface area contributed by atoms with E-state index in [0.717, 1.165) is 0 Å². The van der Waals surface area contributed by atoms with Crippen LogP contribution in [-0.4, -0.2) is 12.6 Å². The minimum absolute atomic E-state index is 0.609. The van der Waals surface area contributed by atoms with Gasteiger partial charge in [0.15, 0.2) is 0 Å². The van der Waals surface area contributed by atoms with Crippen LogP contribution in [0.2, 0.25) is 0 Å². The third-order valence-electron chi connectivity index (χ3n) is 3.34. The van der Waals surface area contributed by atoms with Crippen LogP contribution in [0.15, 0.2) is 18.2 Å². The lowest BCUT2D eigenvalue weighted by Gasteiger charge is -2.35. The van der Waals surface area contributed by atoms with Crippen molar-refractivity contribution < 1.29 is 0 Å². The number of nitrogens with zero attached hydrogens (tertiary/aromatic N) is 1. The van der Waals surface area contributed by atoms with Gasteiger partial charge >= 0.3 is 0 Å². The molecule has 1 unspecified atom stereocenters. The van der Waals surface area contributed by atoms with E-state index in [1.54, 1.807) is 5.56 Å². The van der Waals surface area contributed by atoms with Crippen LogP contribution in [0, 0.1) is 0 Å². The number of fused-ring (bicyclic) bond motifs is 1. The molecular weight excluding hydrogens is 309 g/mol. The van der Waals surface area contributed by atoms with Gasteiger partial charge in [-0.2, -0.15) is 0 Å². The summed E-state index contributed by atoms with van der Waals surface area (Å²) < 4.78 is 0.609. The molecule has 16 heavy (non-hydrogen) atoms. The Kier molecular flexibility index (Phi) is 3.77. The lowest BCUT2D eigenvalue weighted by Crippen LogP contribution is -2.35. The van der Waals surface area contributed by atoms with Crippen LogP contribution in [0.3, 0.4) is 0 Å². The predicted octanol–water partition coefficient (Wildman–Crippen LogP) is 4.34. The fourth-order valence-electron chi connectivity index (χ4n) is 2.43. The fourth-order valence-corrected chi connectivity index (χ4v) is 2.82. The summed E-state index contributed by atoms with van der Waals surface area (Å²) in [6, 6.07) is 7.62. The van der Waals surface area contributed by atoms with Crippen LogP contribution in [0.25, 0.3) is 0 Å². The number of hydrogen-bond donors (Lipinski definition) is 0. The summed E-state index contributed by atoms with van der Waals surface area (Å²) in [4.78, 5) is 2.53. The molecular formula is C14H20IN. The maximum atomic E-state index is 2.53. The molecule has 0 spiro atoms. The van der Waals surface area contributed by atoms with Crippen molar-refractivity contribution in [2.75, 3.05) is 11.4 Å². The minimum atomic E-state index is 0.609. The summed E-state index contributed by atoms with van der Waals surface area (Å²) in [6.07, 6.45) is 2.54. The lowest BCUT2D eigenvalue weighted by molar-refractivity contribution is 0.625. The fraction of sp³-hybridized carbons (Fsp3) is 0.571. The second-order valence-electron chi connectivity index (χ2n) is 4.89. The number of aryl methyl sites for hydroxylation is 1. The van der Waals surface area contributed by atoms with Crippen molar-refractivity contribution in [3.63, 3.8) is 0 Å². The van der Waals surface area contributed by atoms with E-state index in [4.69, 9.17) is 0 Å². The molecule has 1 atom stereocenters. The molecule has 1 nitrogen and oxygen atoms in total. The van der Waals surface area contributed by atoms with Crippen molar-refractivity contribution in [2.24, 2.45) is 0 Å². The van der Waals surface area contributed by atoms with Gasteiger partial charge in [0.1, 0.15) is 0 Å². The SMILES string of the molecule is CC(I)c1ccc2c(c1)CCCN2C(C)C. The summed E-state index contributed by atoms with van der Waals surface area (Å²) in [6.45, 7) is 8.03. The molecule has 0 amide bonds. The third kappa shape index (κ3) is 2.36. The smallest absolute Gasteiger partial charge is 0.0401 e. The Morgan fingerprint density at radius 1 is 1.25 bits per heavy atom. The summed E-state index contributed by atoms with van der Waals surface area (Å²) >= 11 is 2.49. The standard InChI is InChI=1S/C14H20IN/c1-10(2)16-8-4-5-13-9-12(11(3)15)6-7-14(13)16/h6-7,9-11H,4-5,8H2,1-3H3. The van der Waals surface area contributed by atoms with Crippen molar-refractivity contribution >= 4 is 28.3 Å². The van der Waals surface area contributed by atoms with Gasteiger partial charge in [0.2, 0.25) is 0 Å². The largest absolute Gasteiger partial charge is 0.369 e. The molecule has 0 N–H and O–H groups in total. The van der Waals surface area contributed by atoms with Crippen LogP contribution in [0.5, 0.6) is 0 Å². The van der Waals surface area contributed by atoms with Gasteiger partial charge < -0.3 is 4.90 Å². The van der Waals surface area contributed by atoms with Crippen molar-refractivity contribution in [1.29, 1.82) is 0 Å². The Labute approximate surface area is 112 Å². The van der Waals surface area contributed by atoms with E-state index in [2.05, 4.69) is 66.5 Å². The van der Waals surface area contributed by atoms with Gasteiger partial charge in [-0.25, -0.2) is 0 Å². The van der Waals surface area contributed by atoms with Gasteiger partial charge in [-0.1, -0.05) is 34.7 Å². The summed E-state index contributed by atoms with van der Waals surface area (Å²) in [5.74, 6) is 0. The average molecular weight is 329 g/mol. The summed E-state index contributed by atoms with van der Waals surface area (Å²) in [7, 11) is 0. The molecule has 0 aromatic heterocycles. The van der Waals surface area contributed by atoms with Crippen molar-refractivity contribution in [1.82, 2.24) is 0 Å². The van der Waals surface area contributed by atoms with Crippen molar-refractivity contribution in [3.8, 4) is 0 Å². The maximum Gasteiger partial charge on any atom is 0.0401 e. The monoisotopic (exact) mass is 329 g/mol. The number of halogens is 1. The molecule has 1 aliphatic heterocycles. The number of rotatable bonds is 2. The first-order valence-corrected chi connectivity index (χ1v) is 7.37. The van der Waals surface area contributed by atoms with Gasteiger partial charge in [0.05, 0.1) is 0 Å². The van der Waals surface area contributed by atoms with Gasteiger partial charge in [-0.05, 0) is 50.8 Å². The highest BCUT2D eigenvalue weighted by Crippen LogP contribution is 2.32. The van der Waals surface area contributed by atoms with E-state index in [1.165, 1.54) is 30.6 Å². The number of benzene rings is 1. The molecule has 0 saturated carbocycles. The second kappa shape index (κ2) is 4.94. The molecule has 2 heteroatoms. The van der Waals surface area contributed by atoms with Crippen LogP contribution in [0.1, 0.15) is 42.2 Å². The van der Waals surface area contributed by atoms with Gasteiger partial charge in [-0.3, -0.25) is 0 Å². The Hall–Kier alpha value is -0.250. The maximum absolute atomic E-state index is 2.53. The van der Waals surface area contributed by atoms with E-state index < -0.39 is 0 Å². The third-order valence-corrected chi connectivity index (χ3v) is 4.06. The highest BCUT2D eigenvalue weighted by Gasteiger charge is 2.19. The Bertz CT molecular complexity index is 371. The molecule has 0 radical (unpaired) electrons. The number of hydrogen-bond acceptors (Lipinski definition) is 1. The highest BCUT2D eigenvalue weighted by atomic mass is 127. The second-order valence-corrected chi connectivity index (χ2v) is 6.76. The molecule has 0 bridgehead atoms. The Balaban J connectivity index is 2.37. The van der Waals surface area contributed by atoms with Crippen LogP contribution >= 0.6 is 22.6 Å². The number of alkyl halides is 1. The number of anilines is 1. The molecule has 1 aliphatic rings. The van der Waals surface area contributed by atoms with E-state index in [1.807, 2.05) is 0 Å². The first-order valence-electron chi connectivity index (χ1n) is 6.13. The lowest BCUT2D eigenvalue weighted by atomic mass is 9.97. The molecule has 2 rings (SSSR count). The molecule has 1 aromatic carbocycles. The first kappa shape index (κ1) is 12.2. The zero-order valence-corrected chi connectivity index (χ0v) is 12.5. The highest BCUT2D eigenvalue weighted by molar-refractivity contribution is 14.1. The topological polar surface area (TPSA) is 3.24 Å². The van der Waals surface area contributed by atoms with E-state index in [9.17, 15) is 0 Å². The minimum Gasteiger partial charge on any atom is -0.369 e. The van der Waals surface area contributed by atoms with Crippen molar-refractivity contribution in [2.45, 2.75) is 43.6 Å².